The molecule has 0 saturated heterocycles. The molecular formula is C23H24N4O6S. The molecule has 0 fully saturated rings. The number of benzene rings is 2. The number of thiocarbonyl (C=S) groups is 1. The Labute approximate surface area is 201 Å². The highest BCUT2D eigenvalue weighted by Gasteiger charge is 2.33. The Balaban J connectivity index is 1.88. The van der Waals surface area contributed by atoms with Crippen molar-refractivity contribution in [1.29, 1.82) is 0 Å². The molecule has 11 heteroatoms. The van der Waals surface area contributed by atoms with Gasteiger partial charge in [-0.2, -0.15) is 0 Å². The normalized spacial score (nSPS) is 15.6. The summed E-state index contributed by atoms with van der Waals surface area (Å²) in [4.78, 5) is 37.7. The van der Waals surface area contributed by atoms with Gasteiger partial charge < -0.3 is 25.0 Å². The van der Waals surface area contributed by atoms with Crippen LogP contribution < -0.4 is 10.6 Å². The van der Waals surface area contributed by atoms with Gasteiger partial charge in [-0.25, -0.2) is 4.79 Å². The fraction of sp³-hybridized carbons (Fsp3) is 0.261. The number of methoxy groups -OCH3 is 1. The van der Waals surface area contributed by atoms with Crippen molar-refractivity contribution in [3.63, 3.8) is 0 Å². The molecule has 2 N–H and O–H groups in total. The summed E-state index contributed by atoms with van der Waals surface area (Å²) in [5.74, 6) is -1.01. The Morgan fingerprint density at radius 2 is 1.94 bits per heavy atom. The maximum absolute atomic E-state index is 12.9. The molecule has 1 amide bonds. The molecule has 1 heterocycles. The van der Waals surface area contributed by atoms with E-state index in [-0.39, 0.29) is 24.5 Å². The number of allylic oxidation sites excluding steroid dienone is 1. The molecule has 34 heavy (non-hydrogen) atoms. The molecule has 0 saturated carbocycles. The van der Waals surface area contributed by atoms with Gasteiger partial charge in [0.05, 0.1) is 23.1 Å². The topological polar surface area (TPSA) is 123 Å². The molecule has 0 spiro atoms. The average Bonchev–Trinajstić information content (AvgIpc) is 2.82. The van der Waals surface area contributed by atoms with Gasteiger partial charge in [-0.05, 0) is 42.9 Å². The third kappa shape index (κ3) is 5.56. The number of nitro benzene ring substituents is 1. The van der Waals surface area contributed by atoms with E-state index in [1.54, 1.807) is 43.1 Å². The number of non-ortho nitro benzene ring substituents is 1. The van der Waals surface area contributed by atoms with Crippen molar-refractivity contribution in [1.82, 2.24) is 10.2 Å². The summed E-state index contributed by atoms with van der Waals surface area (Å²) < 4.78 is 10.3. The first-order valence-corrected chi connectivity index (χ1v) is 10.7. The molecule has 0 radical (unpaired) electrons. The maximum atomic E-state index is 12.9. The lowest BCUT2D eigenvalue weighted by Crippen LogP contribution is -2.46. The molecule has 1 unspecified atom stereocenters. The minimum absolute atomic E-state index is 0.103. The first kappa shape index (κ1) is 24.8. The van der Waals surface area contributed by atoms with Gasteiger partial charge in [0.15, 0.2) is 5.11 Å². The van der Waals surface area contributed by atoms with Crippen LogP contribution in [0.1, 0.15) is 28.9 Å². The Morgan fingerprint density at radius 1 is 1.21 bits per heavy atom. The van der Waals surface area contributed by atoms with Gasteiger partial charge in [-0.1, -0.05) is 18.2 Å². The van der Waals surface area contributed by atoms with Gasteiger partial charge in [0.1, 0.15) is 6.61 Å². The Morgan fingerprint density at radius 3 is 2.65 bits per heavy atom. The van der Waals surface area contributed by atoms with Crippen LogP contribution in [0.2, 0.25) is 0 Å². The summed E-state index contributed by atoms with van der Waals surface area (Å²) >= 11 is 5.41. The summed E-state index contributed by atoms with van der Waals surface area (Å²) in [5, 5.41) is 17.3. The van der Waals surface area contributed by atoms with Crippen LogP contribution >= 0.6 is 12.2 Å². The second-order valence-electron chi connectivity index (χ2n) is 7.46. The molecule has 0 aliphatic carbocycles. The summed E-state index contributed by atoms with van der Waals surface area (Å²) in [6.07, 6.45) is 0. The van der Waals surface area contributed by atoms with Crippen LogP contribution in [0, 0.1) is 10.1 Å². The first-order chi connectivity index (χ1) is 16.2. The van der Waals surface area contributed by atoms with Gasteiger partial charge >= 0.3 is 5.97 Å². The molecular weight excluding hydrogens is 460 g/mol. The van der Waals surface area contributed by atoms with Gasteiger partial charge in [-0.15, -0.1) is 0 Å². The predicted octanol–water partition coefficient (Wildman–Crippen LogP) is 3.17. The van der Waals surface area contributed by atoms with E-state index in [9.17, 15) is 19.7 Å². The van der Waals surface area contributed by atoms with Crippen LogP contribution in [0.4, 0.5) is 11.4 Å². The monoisotopic (exact) mass is 484 g/mol. The highest BCUT2D eigenvalue weighted by atomic mass is 32.1. The van der Waals surface area contributed by atoms with Crippen molar-refractivity contribution in [3.05, 3.63) is 81.0 Å². The van der Waals surface area contributed by atoms with Crippen molar-refractivity contribution >= 4 is 40.6 Å². The van der Waals surface area contributed by atoms with Gasteiger partial charge in [0, 0.05) is 43.2 Å². The molecule has 1 aliphatic heterocycles. The lowest BCUT2D eigenvalue weighted by Gasteiger charge is -2.35. The van der Waals surface area contributed by atoms with E-state index < -0.39 is 22.8 Å². The second kappa shape index (κ2) is 10.9. The number of anilines is 1. The van der Waals surface area contributed by atoms with Crippen LogP contribution in [0.3, 0.4) is 0 Å². The number of rotatable bonds is 8. The van der Waals surface area contributed by atoms with Crippen LogP contribution in [0.15, 0.2) is 59.8 Å². The SMILES string of the molecule is COCCOC(=O)C1=C(C)N(C)C(=S)NC1c1cccc(NC(=O)c2cccc([N+](=O)[O-])c2)c1. The maximum Gasteiger partial charge on any atom is 0.338 e. The van der Waals surface area contributed by atoms with Crippen LogP contribution in [0.25, 0.3) is 0 Å². The molecule has 0 aromatic heterocycles. The number of esters is 1. The minimum atomic E-state index is -0.603. The van der Waals surface area contributed by atoms with Crippen LogP contribution in [-0.2, 0) is 14.3 Å². The highest BCUT2D eigenvalue weighted by Crippen LogP contribution is 2.32. The fourth-order valence-electron chi connectivity index (χ4n) is 3.41. The number of carbonyl (C=O) groups excluding carboxylic acids is 2. The fourth-order valence-corrected chi connectivity index (χ4v) is 3.66. The highest BCUT2D eigenvalue weighted by molar-refractivity contribution is 7.80. The van der Waals surface area contributed by atoms with Gasteiger partial charge in [0.2, 0.25) is 0 Å². The van der Waals surface area contributed by atoms with Crippen LogP contribution in [-0.4, -0.2) is 54.2 Å². The lowest BCUT2D eigenvalue weighted by molar-refractivity contribution is -0.384. The number of ether oxygens (including phenoxy) is 2. The standard InChI is InChI=1S/C23H24N4O6S/c1-14-19(22(29)33-11-10-32-3)20(25-23(34)26(14)2)15-6-4-8-17(12-15)24-21(28)16-7-5-9-18(13-16)27(30)31/h4-9,12-13,20H,10-11H2,1-3H3,(H,24,28)(H,25,34). The number of hydrogen-bond donors (Lipinski definition) is 2. The molecule has 3 rings (SSSR count). The summed E-state index contributed by atoms with van der Waals surface area (Å²) in [6, 6.07) is 11.8. The molecule has 2 aromatic rings. The van der Waals surface area contributed by atoms with E-state index in [2.05, 4.69) is 10.6 Å². The third-order valence-corrected chi connectivity index (χ3v) is 5.68. The number of nitro groups is 1. The lowest BCUT2D eigenvalue weighted by atomic mass is 9.95. The van der Waals surface area contributed by atoms with E-state index in [0.29, 0.717) is 27.6 Å². The second-order valence-corrected chi connectivity index (χ2v) is 7.84. The number of nitrogens with zero attached hydrogens (tertiary/aromatic N) is 2. The first-order valence-electron chi connectivity index (χ1n) is 10.3. The van der Waals surface area contributed by atoms with Crippen molar-refractivity contribution in [3.8, 4) is 0 Å². The number of amides is 1. The van der Waals surface area contributed by atoms with E-state index in [0.717, 1.165) is 0 Å². The van der Waals surface area contributed by atoms with Crippen LogP contribution in [0.5, 0.6) is 0 Å². The van der Waals surface area contributed by atoms with Gasteiger partial charge in [0.25, 0.3) is 11.6 Å². The zero-order valence-electron chi connectivity index (χ0n) is 18.9. The number of hydrogen-bond acceptors (Lipinski definition) is 7. The van der Waals surface area contributed by atoms with E-state index in [4.69, 9.17) is 21.7 Å². The van der Waals surface area contributed by atoms with Crippen molar-refractivity contribution in [2.24, 2.45) is 0 Å². The largest absolute Gasteiger partial charge is 0.460 e. The molecule has 2 aromatic carbocycles. The minimum Gasteiger partial charge on any atom is -0.460 e. The Kier molecular flexibility index (Phi) is 7.92. The van der Waals surface area contributed by atoms with E-state index >= 15 is 0 Å². The molecule has 1 atom stereocenters. The predicted molar refractivity (Wildman–Crippen MR) is 129 cm³/mol. The summed E-state index contributed by atoms with van der Waals surface area (Å²) in [6.45, 7) is 2.15. The summed E-state index contributed by atoms with van der Waals surface area (Å²) in [5.41, 5.74) is 2.12. The van der Waals surface area contributed by atoms with E-state index in [1.165, 1.54) is 31.4 Å². The Hall–Kier alpha value is -3.83. The molecule has 0 bridgehead atoms. The molecule has 178 valence electrons. The molecule has 1 aliphatic rings. The zero-order valence-corrected chi connectivity index (χ0v) is 19.7. The van der Waals surface area contributed by atoms with Crippen molar-refractivity contribution in [2.75, 3.05) is 32.7 Å². The quantitative estimate of drug-likeness (QED) is 0.191. The average molecular weight is 485 g/mol. The van der Waals surface area contributed by atoms with E-state index in [1.807, 2.05) is 0 Å². The summed E-state index contributed by atoms with van der Waals surface area (Å²) in [7, 11) is 3.27. The van der Waals surface area contributed by atoms with Gasteiger partial charge in [-0.3, -0.25) is 14.9 Å². The number of carbonyl (C=O) groups is 2. The zero-order chi connectivity index (χ0) is 24.8. The van der Waals surface area contributed by atoms with Crippen molar-refractivity contribution < 1.29 is 24.0 Å². The smallest absolute Gasteiger partial charge is 0.338 e. The third-order valence-electron chi connectivity index (χ3n) is 5.29. The molecule has 10 nitrogen and oxygen atoms in total. The van der Waals surface area contributed by atoms with Crippen molar-refractivity contribution in [2.45, 2.75) is 13.0 Å². The Bertz CT molecular complexity index is 1170. The number of nitrogens with one attached hydrogen (secondary N) is 2.